The van der Waals surface area contributed by atoms with Crippen molar-refractivity contribution in [2.75, 3.05) is 45.3 Å². The summed E-state index contributed by atoms with van der Waals surface area (Å²) in [6, 6.07) is 5.63. The fourth-order valence-corrected chi connectivity index (χ4v) is 3.46. The number of nitrogens with one attached hydrogen (secondary N) is 1. The third-order valence-corrected chi connectivity index (χ3v) is 4.80. The number of amides is 2. The molecule has 2 amide bonds. The van der Waals surface area contributed by atoms with Crippen molar-refractivity contribution in [2.24, 2.45) is 5.92 Å². The molecule has 0 spiro atoms. The van der Waals surface area contributed by atoms with E-state index in [2.05, 4.69) is 12.2 Å². The zero-order chi connectivity index (χ0) is 18.0. The van der Waals surface area contributed by atoms with Crippen LogP contribution in [0.1, 0.15) is 13.3 Å². The number of hydrogen-bond acceptors (Lipinski definition) is 5. The second-order valence-corrected chi connectivity index (χ2v) is 6.62. The van der Waals surface area contributed by atoms with Gasteiger partial charge in [-0.25, -0.2) is 0 Å². The van der Waals surface area contributed by atoms with Gasteiger partial charge in [0, 0.05) is 56.8 Å². The Bertz CT molecular complexity index is 641. The molecule has 0 bridgehead atoms. The van der Waals surface area contributed by atoms with Crippen LogP contribution in [0.15, 0.2) is 18.2 Å². The molecule has 7 nitrogen and oxygen atoms in total. The molecule has 0 radical (unpaired) electrons. The fraction of sp³-hybridized carbons (Fsp3) is 0.556. The van der Waals surface area contributed by atoms with Crippen LogP contribution in [0.5, 0.6) is 11.5 Å². The van der Waals surface area contributed by atoms with Crippen LogP contribution in [0.3, 0.4) is 0 Å². The molecule has 1 N–H and O–H groups in total. The average molecular weight is 347 g/mol. The van der Waals surface area contributed by atoms with Gasteiger partial charge in [-0.2, -0.15) is 0 Å². The van der Waals surface area contributed by atoms with Crippen molar-refractivity contribution < 1.29 is 19.1 Å². The molecule has 2 atom stereocenters. The Balaban J connectivity index is 1.75. The Morgan fingerprint density at radius 3 is 2.44 bits per heavy atom. The van der Waals surface area contributed by atoms with Crippen molar-refractivity contribution >= 4 is 17.5 Å². The van der Waals surface area contributed by atoms with Crippen LogP contribution in [0.2, 0.25) is 0 Å². The van der Waals surface area contributed by atoms with Crippen molar-refractivity contribution in [1.29, 1.82) is 0 Å². The molecule has 1 aromatic rings. The minimum Gasteiger partial charge on any atom is -0.497 e. The van der Waals surface area contributed by atoms with Crippen LogP contribution >= 0.6 is 0 Å². The molecule has 2 heterocycles. The van der Waals surface area contributed by atoms with Gasteiger partial charge in [-0.3, -0.25) is 9.59 Å². The lowest BCUT2D eigenvalue weighted by Crippen LogP contribution is -2.53. The monoisotopic (exact) mass is 347 g/mol. The van der Waals surface area contributed by atoms with Crippen molar-refractivity contribution in [2.45, 2.75) is 19.4 Å². The number of anilines is 1. The topological polar surface area (TPSA) is 71.1 Å². The Hall–Kier alpha value is -2.28. The number of rotatable bonds is 4. The average Bonchev–Trinajstić information content (AvgIpc) is 3.02. The summed E-state index contributed by atoms with van der Waals surface area (Å²) < 4.78 is 10.5. The summed E-state index contributed by atoms with van der Waals surface area (Å²) in [5.41, 5.74) is 0.699. The second kappa shape index (κ2) is 7.31. The van der Waals surface area contributed by atoms with Gasteiger partial charge in [0.1, 0.15) is 11.5 Å². The highest BCUT2D eigenvalue weighted by molar-refractivity contribution is 6.00. The van der Waals surface area contributed by atoms with Gasteiger partial charge in [0.05, 0.1) is 25.8 Å². The maximum absolute atomic E-state index is 12.8. The van der Waals surface area contributed by atoms with E-state index in [9.17, 15) is 9.59 Å². The van der Waals surface area contributed by atoms with Crippen molar-refractivity contribution in [3.63, 3.8) is 0 Å². The summed E-state index contributed by atoms with van der Waals surface area (Å²) in [4.78, 5) is 28.8. The summed E-state index contributed by atoms with van der Waals surface area (Å²) in [5, 5.41) is 3.33. The van der Waals surface area contributed by atoms with E-state index in [1.807, 2.05) is 4.90 Å². The molecule has 7 heteroatoms. The molecule has 2 unspecified atom stereocenters. The molecule has 2 saturated heterocycles. The molecule has 0 saturated carbocycles. The molecule has 0 aliphatic carbocycles. The number of piperazine rings is 1. The number of carbonyl (C=O) groups excluding carboxylic acids is 2. The van der Waals surface area contributed by atoms with E-state index >= 15 is 0 Å². The zero-order valence-electron chi connectivity index (χ0n) is 14.9. The lowest BCUT2D eigenvalue weighted by molar-refractivity contribution is -0.136. The van der Waals surface area contributed by atoms with Crippen LogP contribution in [0.4, 0.5) is 5.69 Å². The molecular weight excluding hydrogens is 322 g/mol. The van der Waals surface area contributed by atoms with E-state index in [0.717, 1.165) is 6.54 Å². The SMILES string of the molecule is COc1cc(OC)cc(N2CC(C(=O)N3CCNC(C)C3)CC2=O)c1. The van der Waals surface area contributed by atoms with Gasteiger partial charge >= 0.3 is 0 Å². The predicted octanol–water partition coefficient (Wildman–Crippen LogP) is 0.877. The maximum atomic E-state index is 12.8. The standard InChI is InChI=1S/C18H25N3O4/c1-12-10-20(5-4-19-12)18(23)13-6-17(22)21(11-13)14-7-15(24-2)9-16(8-14)25-3/h7-9,12-13,19H,4-6,10-11H2,1-3H3. The first-order valence-corrected chi connectivity index (χ1v) is 8.57. The minimum atomic E-state index is -0.296. The third-order valence-electron chi connectivity index (χ3n) is 4.80. The van der Waals surface area contributed by atoms with Crippen LogP contribution < -0.4 is 19.7 Å². The summed E-state index contributed by atoms with van der Waals surface area (Å²) >= 11 is 0. The Morgan fingerprint density at radius 2 is 1.84 bits per heavy atom. The number of nitrogens with zero attached hydrogens (tertiary/aromatic N) is 2. The molecule has 0 aromatic heterocycles. The summed E-state index contributed by atoms with van der Waals surface area (Å²) in [6.45, 7) is 4.64. The molecule has 136 valence electrons. The van der Waals surface area contributed by atoms with Crippen molar-refractivity contribution in [3.05, 3.63) is 18.2 Å². The van der Waals surface area contributed by atoms with Gasteiger partial charge < -0.3 is 24.6 Å². The van der Waals surface area contributed by atoms with E-state index in [1.165, 1.54) is 0 Å². The molecule has 25 heavy (non-hydrogen) atoms. The molecular formula is C18H25N3O4. The first-order chi connectivity index (χ1) is 12.0. The number of methoxy groups -OCH3 is 2. The van der Waals surface area contributed by atoms with E-state index in [-0.39, 0.29) is 30.2 Å². The van der Waals surface area contributed by atoms with Crippen LogP contribution in [0, 0.1) is 5.92 Å². The Labute approximate surface area is 147 Å². The van der Waals surface area contributed by atoms with Crippen molar-refractivity contribution in [1.82, 2.24) is 10.2 Å². The smallest absolute Gasteiger partial charge is 0.228 e. The first-order valence-electron chi connectivity index (χ1n) is 8.57. The zero-order valence-corrected chi connectivity index (χ0v) is 14.9. The van der Waals surface area contributed by atoms with E-state index < -0.39 is 0 Å². The highest BCUT2D eigenvalue weighted by atomic mass is 16.5. The molecule has 2 fully saturated rings. The molecule has 2 aliphatic heterocycles. The lowest BCUT2D eigenvalue weighted by Gasteiger charge is -2.33. The minimum absolute atomic E-state index is 0.0446. The predicted molar refractivity (Wildman–Crippen MR) is 94.1 cm³/mol. The number of benzene rings is 1. The highest BCUT2D eigenvalue weighted by Crippen LogP contribution is 2.32. The van der Waals surface area contributed by atoms with Gasteiger partial charge in [0.25, 0.3) is 0 Å². The van der Waals surface area contributed by atoms with E-state index in [1.54, 1.807) is 37.3 Å². The van der Waals surface area contributed by atoms with Gasteiger partial charge in [0.2, 0.25) is 11.8 Å². The summed E-state index contributed by atoms with van der Waals surface area (Å²) in [5.74, 6) is 0.964. The Morgan fingerprint density at radius 1 is 1.16 bits per heavy atom. The second-order valence-electron chi connectivity index (χ2n) is 6.62. The van der Waals surface area contributed by atoms with E-state index in [0.29, 0.717) is 36.8 Å². The van der Waals surface area contributed by atoms with Crippen molar-refractivity contribution in [3.8, 4) is 11.5 Å². The van der Waals surface area contributed by atoms with Crippen LogP contribution in [-0.2, 0) is 9.59 Å². The third kappa shape index (κ3) is 3.71. The van der Waals surface area contributed by atoms with Gasteiger partial charge in [-0.15, -0.1) is 0 Å². The van der Waals surface area contributed by atoms with Crippen LogP contribution in [0.25, 0.3) is 0 Å². The molecule has 1 aromatic carbocycles. The number of ether oxygens (including phenoxy) is 2. The Kier molecular flexibility index (Phi) is 5.13. The summed E-state index contributed by atoms with van der Waals surface area (Å²) in [7, 11) is 3.14. The fourth-order valence-electron chi connectivity index (χ4n) is 3.46. The van der Waals surface area contributed by atoms with Crippen LogP contribution in [-0.4, -0.2) is 63.2 Å². The van der Waals surface area contributed by atoms with Gasteiger partial charge in [0.15, 0.2) is 0 Å². The highest BCUT2D eigenvalue weighted by Gasteiger charge is 2.38. The molecule has 3 rings (SSSR count). The summed E-state index contributed by atoms with van der Waals surface area (Å²) in [6.07, 6.45) is 0.247. The number of hydrogen-bond donors (Lipinski definition) is 1. The number of carbonyl (C=O) groups is 2. The largest absolute Gasteiger partial charge is 0.497 e. The molecule has 2 aliphatic rings. The quantitative estimate of drug-likeness (QED) is 0.875. The first kappa shape index (κ1) is 17.5. The normalized spacial score (nSPS) is 23.7. The van der Waals surface area contributed by atoms with Gasteiger partial charge in [-0.1, -0.05) is 0 Å². The lowest BCUT2D eigenvalue weighted by atomic mass is 10.1. The van der Waals surface area contributed by atoms with E-state index in [4.69, 9.17) is 9.47 Å². The maximum Gasteiger partial charge on any atom is 0.228 e. The van der Waals surface area contributed by atoms with Gasteiger partial charge in [-0.05, 0) is 6.92 Å².